The van der Waals surface area contributed by atoms with Crippen molar-refractivity contribution in [1.29, 1.82) is 0 Å². The summed E-state index contributed by atoms with van der Waals surface area (Å²) < 4.78 is 2.01. The molecule has 0 saturated carbocycles. The van der Waals surface area contributed by atoms with Gasteiger partial charge in [-0.2, -0.15) is 0 Å². The Morgan fingerprint density at radius 3 is 2.36 bits per heavy atom. The fourth-order valence-corrected chi connectivity index (χ4v) is 3.16. The predicted octanol–water partition coefficient (Wildman–Crippen LogP) is 3.81. The number of amides is 2. The number of alkyl halides is 1. The topological polar surface area (TPSA) is 45.6 Å². The maximum atomic E-state index is 13.2. The van der Waals surface area contributed by atoms with Gasteiger partial charge in [0.05, 0.1) is 13.1 Å². The third-order valence-electron chi connectivity index (χ3n) is 4.73. The van der Waals surface area contributed by atoms with Crippen molar-refractivity contribution in [2.24, 2.45) is 7.05 Å². The van der Waals surface area contributed by atoms with E-state index in [1.54, 1.807) is 16.7 Å². The Morgan fingerprint density at radius 2 is 1.79 bits per heavy atom. The van der Waals surface area contributed by atoms with Crippen LogP contribution in [0.1, 0.15) is 37.9 Å². The fourth-order valence-electron chi connectivity index (χ4n) is 3.02. The molecule has 0 aliphatic carbocycles. The monoisotopic (exact) mass is 403 g/mol. The number of unbranched alkanes of at least 4 members (excludes halogenated alkanes) is 1. The van der Waals surface area contributed by atoms with Crippen LogP contribution in [0.3, 0.4) is 0 Å². The minimum Gasteiger partial charge on any atom is -0.353 e. The zero-order valence-corrected chi connectivity index (χ0v) is 17.7. The number of carbonyl (C=O) groups is 2. The summed E-state index contributed by atoms with van der Waals surface area (Å²) in [6.45, 7) is 5.29. The van der Waals surface area contributed by atoms with Crippen molar-refractivity contribution in [3.63, 3.8) is 0 Å². The lowest BCUT2D eigenvalue weighted by Crippen LogP contribution is -2.45. The molecule has 1 heterocycles. The second-order valence-corrected chi connectivity index (χ2v) is 7.73. The number of aryl methyl sites for hydroxylation is 1. The molecule has 2 rings (SSSR count). The van der Waals surface area contributed by atoms with Crippen molar-refractivity contribution in [3.05, 3.63) is 59.9 Å². The Morgan fingerprint density at radius 1 is 1.07 bits per heavy atom. The van der Waals surface area contributed by atoms with Gasteiger partial charge in [-0.15, -0.1) is 11.6 Å². The van der Waals surface area contributed by atoms with E-state index in [-0.39, 0.29) is 18.4 Å². The van der Waals surface area contributed by atoms with Crippen LogP contribution in [0, 0.1) is 0 Å². The average Bonchev–Trinajstić information content (AvgIpc) is 3.09. The molecule has 0 fully saturated rings. The van der Waals surface area contributed by atoms with E-state index in [9.17, 15) is 9.59 Å². The molecule has 0 bridgehead atoms. The van der Waals surface area contributed by atoms with E-state index in [0.29, 0.717) is 19.6 Å². The lowest BCUT2D eigenvalue weighted by molar-refractivity contribution is -0.141. The maximum absolute atomic E-state index is 13.2. The Kier molecular flexibility index (Phi) is 8.58. The minimum atomic E-state index is -0.639. The average molecular weight is 404 g/mol. The van der Waals surface area contributed by atoms with E-state index in [2.05, 4.69) is 6.92 Å². The summed E-state index contributed by atoms with van der Waals surface area (Å²) in [5, 5.41) is -0.639. The number of hydrogen-bond donors (Lipinski definition) is 0. The van der Waals surface area contributed by atoms with Crippen LogP contribution in [0.4, 0.5) is 0 Å². The molecule has 28 heavy (non-hydrogen) atoms. The van der Waals surface area contributed by atoms with Crippen molar-refractivity contribution in [2.45, 2.75) is 45.2 Å². The molecule has 0 N–H and O–H groups in total. The summed E-state index contributed by atoms with van der Waals surface area (Å²) in [5.74, 6) is -0.270. The molecule has 2 aromatic rings. The maximum Gasteiger partial charge on any atom is 0.242 e. The minimum absolute atomic E-state index is 0.0488. The molecule has 0 radical (unpaired) electrons. The van der Waals surface area contributed by atoms with Gasteiger partial charge in [0, 0.05) is 32.0 Å². The van der Waals surface area contributed by atoms with Gasteiger partial charge in [-0.05, 0) is 31.0 Å². The Labute approximate surface area is 172 Å². The standard InChI is InChI=1S/C22H30ClN3O2/c1-4-5-14-25(22(28)18(2)23)17-21(27)26(15-19-10-7-6-8-11-19)16-20-12-9-13-24(20)3/h6-13,18H,4-5,14-17H2,1-3H3. The highest BCUT2D eigenvalue weighted by atomic mass is 35.5. The Hall–Kier alpha value is -2.27. The Balaban J connectivity index is 2.18. The molecule has 0 spiro atoms. The second-order valence-electron chi connectivity index (χ2n) is 7.08. The van der Waals surface area contributed by atoms with Crippen molar-refractivity contribution in [1.82, 2.24) is 14.4 Å². The molecular weight excluding hydrogens is 374 g/mol. The SMILES string of the molecule is CCCCN(CC(=O)N(Cc1ccccc1)Cc1cccn1C)C(=O)C(C)Cl. The second kappa shape index (κ2) is 10.9. The molecule has 1 aromatic heterocycles. The van der Waals surface area contributed by atoms with Crippen molar-refractivity contribution >= 4 is 23.4 Å². The third kappa shape index (κ3) is 6.41. The van der Waals surface area contributed by atoms with E-state index >= 15 is 0 Å². The van der Waals surface area contributed by atoms with Gasteiger partial charge in [0.15, 0.2) is 0 Å². The summed E-state index contributed by atoms with van der Waals surface area (Å²) in [7, 11) is 1.97. The molecule has 1 unspecified atom stereocenters. The molecular formula is C22H30ClN3O2. The predicted molar refractivity (Wildman–Crippen MR) is 113 cm³/mol. The summed E-state index contributed by atoms with van der Waals surface area (Å²) in [5.41, 5.74) is 2.10. The van der Waals surface area contributed by atoms with Crippen LogP contribution in [0.5, 0.6) is 0 Å². The van der Waals surface area contributed by atoms with Gasteiger partial charge in [0.25, 0.3) is 0 Å². The van der Waals surface area contributed by atoms with Gasteiger partial charge < -0.3 is 14.4 Å². The van der Waals surface area contributed by atoms with Crippen LogP contribution in [0.25, 0.3) is 0 Å². The van der Waals surface area contributed by atoms with Crippen LogP contribution in [0.15, 0.2) is 48.7 Å². The van der Waals surface area contributed by atoms with Gasteiger partial charge in [-0.25, -0.2) is 0 Å². The number of hydrogen-bond acceptors (Lipinski definition) is 2. The first-order valence-electron chi connectivity index (χ1n) is 9.77. The zero-order valence-electron chi connectivity index (χ0n) is 17.0. The van der Waals surface area contributed by atoms with Gasteiger partial charge in [-0.3, -0.25) is 9.59 Å². The molecule has 2 amide bonds. The summed E-state index contributed by atoms with van der Waals surface area (Å²) >= 11 is 6.01. The molecule has 6 heteroatoms. The van der Waals surface area contributed by atoms with Crippen LogP contribution >= 0.6 is 11.6 Å². The van der Waals surface area contributed by atoms with Crippen molar-refractivity contribution in [3.8, 4) is 0 Å². The molecule has 1 atom stereocenters. The summed E-state index contributed by atoms with van der Waals surface area (Å²) in [6.07, 6.45) is 3.76. The number of nitrogens with zero attached hydrogens (tertiary/aromatic N) is 3. The highest BCUT2D eigenvalue weighted by Crippen LogP contribution is 2.13. The van der Waals surface area contributed by atoms with E-state index in [1.807, 2.05) is 60.3 Å². The smallest absolute Gasteiger partial charge is 0.242 e. The fraction of sp³-hybridized carbons (Fsp3) is 0.455. The first kappa shape index (κ1) is 22.0. The number of benzene rings is 1. The van der Waals surface area contributed by atoms with E-state index in [0.717, 1.165) is 24.1 Å². The lowest BCUT2D eigenvalue weighted by Gasteiger charge is -2.28. The molecule has 0 aliphatic heterocycles. The van der Waals surface area contributed by atoms with E-state index < -0.39 is 5.38 Å². The van der Waals surface area contributed by atoms with Crippen LogP contribution in [0.2, 0.25) is 0 Å². The summed E-state index contributed by atoms with van der Waals surface area (Å²) in [4.78, 5) is 29.0. The zero-order chi connectivity index (χ0) is 20.5. The Bertz CT molecular complexity index is 758. The molecule has 0 aliphatic rings. The molecule has 1 aromatic carbocycles. The van der Waals surface area contributed by atoms with Crippen molar-refractivity contribution < 1.29 is 9.59 Å². The highest BCUT2D eigenvalue weighted by Gasteiger charge is 2.24. The van der Waals surface area contributed by atoms with E-state index in [4.69, 9.17) is 11.6 Å². The van der Waals surface area contributed by atoms with Gasteiger partial charge in [0.2, 0.25) is 11.8 Å². The number of aromatic nitrogens is 1. The van der Waals surface area contributed by atoms with Crippen LogP contribution < -0.4 is 0 Å². The van der Waals surface area contributed by atoms with Crippen LogP contribution in [-0.4, -0.2) is 44.6 Å². The molecule has 5 nitrogen and oxygen atoms in total. The largest absolute Gasteiger partial charge is 0.353 e. The first-order chi connectivity index (χ1) is 13.4. The third-order valence-corrected chi connectivity index (χ3v) is 4.92. The molecule has 0 saturated heterocycles. The van der Waals surface area contributed by atoms with Gasteiger partial charge in [0.1, 0.15) is 5.38 Å². The number of halogens is 1. The van der Waals surface area contributed by atoms with Crippen LogP contribution in [-0.2, 0) is 29.7 Å². The quantitative estimate of drug-likeness (QED) is 0.566. The van der Waals surface area contributed by atoms with E-state index in [1.165, 1.54) is 0 Å². The van der Waals surface area contributed by atoms with Gasteiger partial charge in [-0.1, -0.05) is 43.7 Å². The number of carbonyl (C=O) groups excluding carboxylic acids is 2. The first-order valence-corrected chi connectivity index (χ1v) is 10.2. The van der Waals surface area contributed by atoms with Gasteiger partial charge >= 0.3 is 0 Å². The lowest BCUT2D eigenvalue weighted by atomic mass is 10.2. The van der Waals surface area contributed by atoms with Crippen molar-refractivity contribution in [2.75, 3.05) is 13.1 Å². The number of rotatable bonds is 10. The normalized spacial score (nSPS) is 11.9. The molecule has 152 valence electrons. The summed E-state index contributed by atoms with van der Waals surface area (Å²) in [6, 6.07) is 13.9. The highest BCUT2D eigenvalue weighted by molar-refractivity contribution is 6.30.